The van der Waals surface area contributed by atoms with E-state index in [-0.39, 0.29) is 11.3 Å². The summed E-state index contributed by atoms with van der Waals surface area (Å²) in [6.45, 7) is 0. The normalized spacial score (nSPS) is 10.3. The van der Waals surface area contributed by atoms with Gasteiger partial charge in [-0.1, -0.05) is 12.1 Å². The highest BCUT2D eigenvalue weighted by molar-refractivity contribution is 6.07. The van der Waals surface area contributed by atoms with Crippen molar-refractivity contribution < 1.29 is 13.6 Å². The molecule has 0 aliphatic heterocycles. The van der Waals surface area contributed by atoms with Gasteiger partial charge in [-0.3, -0.25) is 9.89 Å². The van der Waals surface area contributed by atoms with Gasteiger partial charge >= 0.3 is 0 Å². The lowest BCUT2D eigenvalue weighted by Crippen LogP contribution is -2.06. The summed E-state index contributed by atoms with van der Waals surface area (Å²) >= 11 is 0. The number of hydrogen-bond acceptors (Lipinski definition) is 2. The van der Waals surface area contributed by atoms with Crippen molar-refractivity contribution in [3.63, 3.8) is 0 Å². The number of carbonyl (C=O) groups excluding carboxylic acids is 1. The molecule has 0 aliphatic rings. The van der Waals surface area contributed by atoms with Crippen molar-refractivity contribution in [2.24, 2.45) is 0 Å². The minimum atomic E-state index is -0.789. The summed E-state index contributed by atoms with van der Waals surface area (Å²) in [6.07, 6.45) is 0.869. The van der Waals surface area contributed by atoms with Gasteiger partial charge < -0.3 is 0 Å². The number of halogens is 2. The van der Waals surface area contributed by atoms with Crippen molar-refractivity contribution >= 4 is 5.78 Å². The fourth-order valence-corrected chi connectivity index (χ4v) is 1.21. The average molecular weight is 208 g/mol. The Morgan fingerprint density at radius 3 is 2.53 bits per heavy atom. The van der Waals surface area contributed by atoms with Crippen molar-refractivity contribution in [2.45, 2.75) is 0 Å². The molecule has 1 aromatic carbocycles. The monoisotopic (exact) mass is 208 g/mol. The second-order valence-corrected chi connectivity index (χ2v) is 2.90. The minimum absolute atomic E-state index is 0.180. The van der Waals surface area contributed by atoms with Gasteiger partial charge in [0.15, 0.2) is 5.82 Å². The van der Waals surface area contributed by atoms with E-state index in [2.05, 4.69) is 10.2 Å². The molecule has 0 unspecified atom stereocenters. The molecule has 76 valence electrons. The second-order valence-electron chi connectivity index (χ2n) is 2.90. The number of rotatable bonds is 2. The molecule has 2 rings (SSSR count). The van der Waals surface area contributed by atoms with Crippen LogP contribution in [0.1, 0.15) is 16.1 Å². The quantitative estimate of drug-likeness (QED) is 0.766. The lowest BCUT2D eigenvalue weighted by molar-refractivity contribution is 0.102. The average Bonchev–Trinajstić information content (AvgIpc) is 2.64. The van der Waals surface area contributed by atoms with Crippen LogP contribution in [0.4, 0.5) is 8.78 Å². The molecular weight excluding hydrogens is 202 g/mol. The Morgan fingerprint density at radius 2 is 1.93 bits per heavy atom. The highest BCUT2D eigenvalue weighted by atomic mass is 19.1. The maximum absolute atomic E-state index is 13.2. The summed E-state index contributed by atoms with van der Waals surface area (Å²) in [7, 11) is 0. The van der Waals surface area contributed by atoms with Crippen LogP contribution in [0, 0.1) is 11.6 Å². The van der Waals surface area contributed by atoms with E-state index in [0.717, 1.165) is 12.3 Å². The summed E-state index contributed by atoms with van der Waals surface area (Å²) < 4.78 is 26.2. The predicted octanol–water partition coefficient (Wildman–Crippen LogP) is 1.92. The number of benzene rings is 1. The molecule has 0 saturated heterocycles. The highest BCUT2D eigenvalue weighted by Crippen LogP contribution is 2.13. The van der Waals surface area contributed by atoms with Crippen LogP contribution >= 0.6 is 0 Å². The van der Waals surface area contributed by atoms with Crippen LogP contribution < -0.4 is 0 Å². The molecule has 0 spiro atoms. The predicted molar refractivity (Wildman–Crippen MR) is 48.4 cm³/mol. The number of carbonyl (C=O) groups is 1. The topological polar surface area (TPSA) is 45.8 Å². The molecule has 0 atom stereocenters. The van der Waals surface area contributed by atoms with E-state index in [9.17, 15) is 13.6 Å². The second kappa shape index (κ2) is 3.61. The van der Waals surface area contributed by atoms with Crippen LogP contribution in [0.5, 0.6) is 0 Å². The molecule has 0 aliphatic carbocycles. The first-order chi connectivity index (χ1) is 7.20. The molecule has 0 amide bonds. The van der Waals surface area contributed by atoms with Crippen molar-refractivity contribution in [3.8, 4) is 0 Å². The van der Waals surface area contributed by atoms with Gasteiger partial charge in [-0.25, -0.2) is 8.78 Å². The number of nitrogens with zero attached hydrogens (tertiary/aromatic N) is 1. The number of H-pyrrole nitrogens is 1. The molecule has 3 nitrogen and oxygen atoms in total. The zero-order valence-corrected chi connectivity index (χ0v) is 7.50. The third kappa shape index (κ3) is 1.63. The number of hydrogen-bond donors (Lipinski definition) is 1. The van der Waals surface area contributed by atoms with E-state index in [1.807, 2.05) is 0 Å². The van der Waals surface area contributed by atoms with Gasteiger partial charge in [-0.05, 0) is 12.1 Å². The maximum atomic E-state index is 13.2. The van der Waals surface area contributed by atoms with Crippen molar-refractivity contribution in [1.29, 1.82) is 0 Å². The molecule has 0 bridgehead atoms. The third-order valence-corrected chi connectivity index (χ3v) is 1.94. The first-order valence-electron chi connectivity index (χ1n) is 4.18. The Labute approximate surface area is 83.7 Å². The number of nitrogens with one attached hydrogen (secondary N) is 1. The molecule has 0 radical (unpaired) electrons. The first kappa shape index (κ1) is 9.51. The third-order valence-electron chi connectivity index (χ3n) is 1.94. The van der Waals surface area contributed by atoms with Crippen LogP contribution in [0.2, 0.25) is 0 Å². The lowest BCUT2D eigenvalue weighted by Gasteiger charge is -1.99. The van der Waals surface area contributed by atoms with Crippen molar-refractivity contribution in [2.75, 3.05) is 0 Å². The number of aromatic amines is 1. The van der Waals surface area contributed by atoms with Crippen LogP contribution in [0.3, 0.4) is 0 Å². The van der Waals surface area contributed by atoms with E-state index in [1.165, 1.54) is 18.2 Å². The molecule has 1 heterocycles. The van der Waals surface area contributed by atoms with Gasteiger partial charge in [0, 0.05) is 0 Å². The Bertz CT molecular complexity index is 508. The van der Waals surface area contributed by atoms with Gasteiger partial charge in [0.05, 0.1) is 11.8 Å². The summed E-state index contributed by atoms with van der Waals surface area (Å²) in [6, 6.07) is 5.39. The zero-order chi connectivity index (χ0) is 10.8. The van der Waals surface area contributed by atoms with E-state index >= 15 is 0 Å². The van der Waals surface area contributed by atoms with E-state index in [1.54, 1.807) is 0 Å². The standard InChI is InChI=1S/C10H6F2N2O/c11-7-4-2-1-3-6(7)10(15)9-8(12)5-13-14-9/h1-5H,(H,13,14). The van der Waals surface area contributed by atoms with Gasteiger partial charge in [0.25, 0.3) is 0 Å². The van der Waals surface area contributed by atoms with Crippen LogP contribution in [-0.2, 0) is 0 Å². The van der Waals surface area contributed by atoms with Gasteiger partial charge in [-0.2, -0.15) is 5.10 Å². The molecule has 5 heteroatoms. The van der Waals surface area contributed by atoms with Gasteiger partial charge in [0.1, 0.15) is 11.5 Å². The van der Waals surface area contributed by atoms with E-state index in [0.29, 0.717) is 0 Å². The Balaban J connectivity index is 2.46. The Morgan fingerprint density at radius 1 is 1.20 bits per heavy atom. The van der Waals surface area contributed by atoms with Crippen molar-refractivity contribution in [1.82, 2.24) is 10.2 Å². The summed E-state index contributed by atoms with van der Waals surface area (Å²) in [5.74, 6) is -2.22. The summed E-state index contributed by atoms with van der Waals surface area (Å²) in [4.78, 5) is 11.6. The van der Waals surface area contributed by atoms with E-state index in [4.69, 9.17) is 0 Å². The molecular formula is C10H6F2N2O. The van der Waals surface area contributed by atoms with Crippen LogP contribution in [0.15, 0.2) is 30.5 Å². The first-order valence-corrected chi connectivity index (χ1v) is 4.18. The van der Waals surface area contributed by atoms with Gasteiger partial charge in [0.2, 0.25) is 5.78 Å². The van der Waals surface area contributed by atoms with Gasteiger partial charge in [-0.15, -0.1) is 0 Å². The summed E-state index contributed by atoms with van der Waals surface area (Å²) in [5.41, 5.74) is -0.513. The fourth-order valence-electron chi connectivity index (χ4n) is 1.21. The zero-order valence-electron chi connectivity index (χ0n) is 7.50. The highest BCUT2D eigenvalue weighted by Gasteiger charge is 2.18. The Hall–Kier alpha value is -2.04. The fraction of sp³-hybridized carbons (Fsp3) is 0. The van der Waals surface area contributed by atoms with Crippen molar-refractivity contribution in [3.05, 3.63) is 53.4 Å². The van der Waals surface area contributed by atoms with E-state index < -0.39 is 17.4 Å². The Kier molecular flexibility index (Phi) is 2.29. The smallest absolute Gasteiger partial charge is 0.216 e. The molecule has 1 aromatic heterocycles. The molecule has 15 heavy (non-hydrogen) atoms. The molecule has 2 aromatic rings. The largest absolute Gasteiger partial charge is 0.287 e. The molecule has 0 saturated carbocycles. The molecule has 1 N–H and O–H groups in total. The van der Waals surface area contributed by atoms with Crippen LogP contribution in [-0.4, -0.2) is 16.0 Å². The number of ketones is 1. The maximum Gasteiger partial charge on any atom is 0.216 e. The van der Waals surface area contributed by atoms with Crippen LogP contribution in [0.25, 0.3) is 0 Å². The minimum Gasteiger partial charge on any atom is -0.287 e. The lowest BCUT2D eigenvalue weighted by atomic mass is 10.1. The number of aromatic nitrogens is 2. The summed E-state index contributed by atoms with van der Waals surface area (Å²) in [5, 5.41) is 5.54. The SMILES string of the molecule is O=C(c1ccccc1F)c1[nH]ncc1F. The molecule has 0 fully saturated rings.